The number of aromatic hydroxyl groups is 1. The number of ether oxygens (including phenoxy) is 4. The fraction of sp³-hybridized carbons (Fsp3) is 0.600. The van der Waals surface area contributed by atoms with E-state index in [1.165, 1.54) is 13.0 Å². The smallest absolute Gasteiger partial charge is 0.348 e. The number of carboxylic acids is 1. The molecule has 0 aromatic heterocycles. The molecule has 17 heteroatoms. The lowest BCUT2D eigenvalue weighted by Crippen LogP contribution is -2.74. The predicted octanol–water partition coefficient (Wildman–Crippen LogP) is -0.329. The summed E-state index contributed by atoms with van der Waals surface area (Å²) in [4.78, 5) is 77.0. The zero-order valence-corrected chi connectivity index (χ0v) is 29.3. The van der Waals surface area contributed by atoms with Gasteiger partial charge in [-0.25, -0.2) is 9.59 Å². The molecule has 2 aliphatic heterocycles. The lowest BCUT2D eigenvalue weighted by Gasteiger charge is -2.61. The van der Waals surface area contributed by atoms with Crippen LogP contribution in [0.3, 0.4) is 0 Å². The number of nitrogens with zero attached hydrogens (tertiary/aromatic N) is 1. The Morgan fingerprint density at radius 1 is 1.13 bits per heavy atom. The molecule has 5 rings (SSSR count). The summed E-state index contributed by atoms with van der Waals surface area (Å²) < 4.78 is 22.2. The topological polar surface area (TPSA) is 253 Å². The molecule has 7 atom stereocenters. The number of nitrogens with two attached hydrogens (primary N) is 1. The number of likely N-dealkylation sites (tertiary alicyclic amines) is 1. The standard InChI is InChI=1S/C35H46N4O13/c1-18(32(45)46)49-33(47)24(51-26(42)10-14-37-31(44)21(38-19(2)40)6-4-5-13-36)17-27(43)50-23-9-11-35(48)25-16-20-7-8-22(41)29-28(20)34(35,30(23)52-29)12-15-39(25)3/h7-9,18,21,24-25,30,41,48H,4-6,10-17,36H2,1-3H3,(H,37,44)(H,38,40)(H,45,46)/t18-,21-,24-,25+,30-,34-,35+/m0/s1. The van der Waals surface area contributed by atoms with Gasteiger partial charge in [0.05, 0.1) is 23.9 Å². The molecule has 1 aromatic rings. The quantitative estimate of drug-likeness (QED) is 0.0724. The van der Waals surface area contributed by atoms with Gasteiger partial charge in [0.25, 0.3) is 0 Å². The number of nitrogens with one attached hydrogen (secondary N) is 2. The van der Waals surface area contributed by atoms with Gasteiger partial charge >= 0.3 is 23.9 Å². The molecule has 0 radical (unpaired) electrons. The number of likely N-dealkylation sites (N-methyl/N-ethyl adjacent to an activating group) is 1. The highest BCUT2D eigenvalue weighted by Crippen LogP contribution is 2.65. The molecular formula is C35H46N4O13. The molecule has 2 aliphatic carbocycles. The van der Waals surface area contributed by atoms with E-state index in [1.807, 2.05) is 7.05 Å². The van der Waals surface area contributed by atoms with Crippen molar-refractivity contribution in [2.24, 2.45) is 5.73 Å². The van der Waals surface area contributed by atoms with Crippen LogP contribution in [0.2, 0.25) is 0 Å². The van der Waals surface area contributed by atoms with Crippen LogP contribution in [0.1, 0.15) is 69.9 Å². The fourth-order valence-electron chi connectivity index (χ4n) is 7.87. The van der Waals surface area contributed by atoms with Crippen LogP contribution in [0, 0.1) is 0 Å². The number of piperidine rings is 1. The number of hydrogen-bond acceptors (Lipinski definition) is 14. The van der Waals surface area contributed by atoms with Crippen LogP contribution in [-0.2, 0) is 54.8 Å². The first-order chi connectivity index (χ1) is 24.6. The minimum absolute atomic E-state index is 0.0432. The molecule has 52 heavy (non-hydrogen) atoms. The summed E-state index contributed by atoms with van der Waals surface area (Å²) in [6, 6.07) is 2.18. The normalized spacial score (nSPS) is 25.6. The van der Waals surface area contributed by atoms with Crippen molar-refractivity contribution in [3.8, 4) is 11.5 Å². The van der Waals surface area contributed by atoms with Gasteiger partial charge < -0.3 is 55.5 Å². The Balaban J connectivity index is 1.28. The van der Waals surface area contributed by atoms with Gasteiger partial charge in [0.1, 0.15) is 11.8 Å². The Labute approximate surface area is 299 Å². The fourth-order valence-corrected chi connectivity index (χ4v) is 7.87. The Morgan fingerprint density at radius 3 is 2.58 bits per heavy atom. The van der Waals surface area contributed by atoms with Crippen LogP contribution < -0.4 is 21.1 Å². The minimum Gasteiger partial charge on any atom is -0.504 e. The van der Waals surface area contributed by atoms with Crippen LogP contribution in [0.5, 0.6) is 11.5 Å². The SMILES string of the molecule is CC(=O)N[C@@H](CCCCN)C(=O)NCCC(=O)O[C@@H](CC(=O)OC1=CC[C@@]2(O)[C@H]3Cc4ccc(O)c5c4[C@@]2(CCN3C)[C@H]1O5)C(=O)O[C@@H](C)C(=O)O. The van der Waals surface area contributed by atoms with Crippen molar-refractivity contribution < 1.29 is 63.0 Å². The molecule has 2 heterocycles. The molecule has 0 saturated carbocycles. The monoisotopic (exact) mass is 730 g/mol. The highest BCUT2D eigenvalue weighted by molar-refractivity contribution is 5.88. The van der Waals surface area contributed by atoms with E-state index in [2.05, 4.69) is 15.5 Å². The van der Waals surface area contributed by atoms with E-state index < -0.39 is 83.9 Å². The van der Waals surface area contributed by atoms with E-state index in [-0.39, 0.29) is 36.3 Å². The van der Waals surface area contributed by atoms with Crippen LogP contribution in [0.25, 0.3) is 0 Å². The molecule has 17 nitrogen and oxygen atoms in total. The highest BCUT2D eigenvalue weighted by atomic mass is 16.6. The van der Waals surface area contributed by atoms with Crippen LogP contribution >= 0.6 is 0 Å². The number of aliphatic carboxylic acids is 1. The van der Waals surface area contributed by atoms with Gasteiger partial charge in [0.2, 0.25) is 17.9 Å². The van der Waals surface area contributed by atoms with Gasteiger partial charge in [-0.05, 0) is 76.9 Å². The number of carboxylic acid groups (broad SMARTS) is 1. The second-order valence-corrected chi connectivity index (χ2v) is 13.8. The van der Waals surface area contributed by atoms with Crippen LogP contribution in [0.4, 0.5) is 0 Å². The maximum atomic E-state index is 13.4. The van der Waals surface area contributed by atoms with E-state index in [4.69, 9.17) is 24.7 Å². The molecule has 1 saturated heterocycles. The van der Waals surface area contributed by atoms with Crippen molar-refractivity contribution in [3.63, 3.8) is 0 Å². The number of rotatable bonds is 16. The summed E-state index contributed by atoms with van der Waals surface area (Å²) >= 11 is 0. The van der Waals surface area contributed by atoms with E-state index in [9.17, 15) is 44.1 Å². The van der Waals surface area contributed by atoms with E-state index >= 15 is 0 Å². The number of esters is 3. The molecule has 1 spiro atoms. The van der Waals surface area contributed by atoms with Crippen LogP contribution in [0.15, 0.2) is 24.0 Å². The Kier molecular flexibility index (Phi) is 11.5. The Hall–Kier alpha value is -4.74. The molecule has 1 fully saturated rings. The molecule has 2 bridgehead atoms. The average Bonchev–Trinajstić information content (AvgIpc) is 3.44. The van der Waals surface area contributed by atoms with Crippen molar-refractivity contribution in [2.45, 2.75) is 107 Å². The predicted molar refractivity (Wildman–Crippen MR) is 179 cm³/mol. The number of phenolic OH excluding ortho intramolecular Hbond substituents is 1. The van der Waals surface area contributed by atoms with E-state index in [0.717, 1.165) is 12.5 Å². The third-order valence-corrected chi connectivity index (χ3v) is 10.4. The largest absolute Gasteiger partial charge is 0.504 e. The van der Waals surface area contributed by atoms with Gasteiger partial charge in [-0.2, -0.15) is 0 Å². The lowest BCUT2D eigenvalue weighted by atomic mass is 9.50. The molecule has 0 unspecified atom stereocenters. The molecule has 2 amide bonds. The third-order valence-electron chi connectivity index (χ3n) is 10.4. The highest BCUT2D eigenvalue weighted by Gasteiger charge is 2.72. The number of benzene rings is 1. The van der Waals surface area contributed by atoms with Crippen molar-refractivity contribution in [2.75, 3.05) is 26.7 Å². The van der Waals surface area contributed by atoms with E-state index in [0.29, 0.717) is 50.8 Å². The first-order valence-corrected chi connectivity index (χ1v) is 17.4. The maximum absolute atomic E-state index is 13.4. The van der Waals surface area contributed by atoms with Crippen molar-refractivity contribution in [3.05, 3.63) is 35.1 Å². The Morgan fingerprint density at radius 2 is 1.88 bits per heavy atom. The number of carbonyl (C=O) groups is 6. The molecule has 4 aliphatic rings. The summed E-state index contributed by atoms with van der Waals surface area (Å²) in [5.74, 6) is -5.70. The van der Waals surface area contributed by atoms with Crippen molar-refractivity contribution in [1.29, 1.82) is 0 Å². The first-order valence-electron chi connectivity index (χ1n) is 17.4. The Bertz CT molecular complexity index is 1650. The minimum atomic E-state index is -1.92. The van der Waals surface area contributed by atoms with Gasteiger partial charge in [-0.1, -0.05) is 6.07 Å². The molecule has 1 aromatic carbocycles. The van der Waals surface area contributed by atoms with Crippen LogP contribution in [-0.4, -0.2) is 119 Å². The zero-order chi connectivity index (χ0) is 38.0. The number of aliphatic hydroxyl groups is 1. The number of carbonyl (C=O) groups excluding carboxylic acids is 5. The summed E-state index contributed by atoms with van der Waals surface area (Å²) in [7, 11) is 1.93. The number of phenols is 1. The lowest BCUT2D eigenvalue weighted by molar-refractivity contribution is -0.179. The first kappa shape index (κ1) is 38.5. The number of hydrogen-bond donors (Lipinski definition) is 6. The third kappa shape index (κ3) is 7.29. The second-order valence-electron chi connectivity index (χ2n) is 13.8. The van der Waals surface area contributed by atoms with Crippen molar-refractivity contribution in [1.82, 2.24) is 15.5 Å². The van der Waals surface area contributed by atoms with Gasteiger partial charge in [-0.15, -0.1) is 0 Å². The number of amides is 2. The molecule has 284 valence electrons. The zero-order valence-electron chi connectivity index (χ0n) is 29.3. The van der Waals surface area contributed by atoms with Crippen molar-refractivity contribution >= 4 is 35.7 Å². The summed E-state index contributed by atoms with van der Waals surface area (Å²) in [5.41, 5.74) is 4.72. The number of unbranched alkanes of at least 4 members (excludes halogenated alkanes) is 1. The van der Waals surface area contributed by atoms with Gasteiger partial charge in [0.15, 0.2) is 23.7 Å². The average molecular weight is 731 g/mol. The second kappa shape index (κ2) is 15.5. The summed E-state index contributed by atoms with van der Waals surface area (Å²) in [6.07, 6.45) is -1.76. The summed E-state index contributed by atoms with van der Waals surface area (Å²) in [5, 5.41) is 37.4. The van der Waals surface area contributed by atoms with Gasteiger partial charge in [0, 0.05) is 31.5 Å². The maximum Gasteiger partial charge on any atom is 0.348 e. The van der Waals surface area contributed by atoms with Gasteiger partial charge in [-0.3, -0.25) is 19.2 Å². The summed E-state index contributed by atoms with van der Waals surface area (Å²) in [6.45, 7) is 3.11. The molecular weight excluding hydrogens is 684 g/mol. The molecule has 7 N–H and O–H groups in total. The van der Waals surface area contributed by atoms with E-state index in [1.54, 1.807) is 12.1 Å².